The molecule has 0 fully saturated rings. The van der Waals surface area contributed by atoms with Gasteiger partial charge >= 0.3 is 0 Å². The normalized spacial score (nSPS) is 10.7. The highest BCUT2D eigenvalue weighted by molar-refractivity contribution is 5.94. The lowest BCUT2D eigenvalue weighted by atomic mass is 10.2. The van der Waals surface area contributed by atoms with Crippen LogP contribution in [0.4, 0.5) is 5.82 Å². The molecule has 0 spiro atoms. The first-order valence-corrected chi connectivity index (χ1v) is 6.16. The first kappa shape index (κ1) is 14.4. The van der Waals surface area contributed by atoms with Crippen molar-refractivity contribution in [1.82, 2.24) is 15.2 Å². The average molecular weight is 250 g/mol. The molecule has 18 heavy (non-hydrogen) atoms. The summed E-state index contributed by atoms with van der Waals surface area (Å²) in [6.07, 6.45) is 2.05. The summed E-state index contributed by atoms with van der Waals surface area (Å²) in [5, 5.41) is 2.89. The smallest absolute Gasteiger partial charge is 0.251 e. The van der Waals surface area contributed by atoms with E-state index in [9.17, 15) is 4.79 Å². The van der Waals surface area contributed by atoms with E-state index in [1.807, 2.05) is 21.0 Å². The number of carbonyl (C=O) groups is 1. The highest BCUT2D eigenvalue weighted by atomic mass is 16.1. The number of rotatable bonds is 6. The van der Waals surface area contributed by atoms with Gasteiger partial charge in [0.25, 0.3) is 5.91 Å². The quantitative estimate of drug-likeness (QED) is 0.740. The molecule has 3 N–H and O–H groups in total. The first-order valence-electron chi connectivity index (χ1n) is 6.16. The lowest BCUT2D eigenvalue weighted by Gasteiger charge is -2.09. The summed E-state index contributed by atoms with van der Waals surface area (Å²) in [6.45, 7) is 3.55. The third-order valence-corrected chi connectivity index (χ3v) is 2.55. The number of nitrogens with one attached hydrogen (secondary N) is 1. The van der Waals surface area contributed by atoms with Gasteiger partial charge in [0.1, 0.15) is 5.82 Å². The van der Waals surface area contributed by atoms with Gasteiger partial charge in [0.15, 0.2) is 0 Å². The molecule has 0 radical (unpaired) electrons. The van der Waals surface area contributed by atoms with E-state index in [2.05, 4.69) is 15.2 Å². The number of amides is 1. The van der Waals surface area contributed by atoms with Crippen molar-refractivity contribution in [2.75, 3.05) is 32.9 Å². The van der Waals surface area contributed by atoms with Crippen LogP contribution in [0.2, 0.25) is 0 Å². The van der Waals surface area contributed by atoms with Crippen molar-refractivity contribution >= 4 is 11.7 Å². The van der Waals surface area contributed by atoms with Gasteiger partial charge in [0, 0.05) is 17.8 Å². The third kappa shape index (κ3) is 5.14. The number of nitrogens with two attached hydrogens (primary N) is 1. The number of anilines is 1. The molecule has 100 valence electrons. The van der Waals surface area contributed by atoms with E-state index in [0.717, 1.165) is 25.1 Å². The number of carbonyl (C=O) groups excluding carboxylic acids is 1. The second-order valence-corrected chi connectivity index (χ2v) is 4.69. The van der Waals surface area contributed by atoms with Crippen LogP contribution in [0.15, 0.2) is 12.1 Å². The zero-order chi connectivity index (χ0) is 13.5. The van der Waals surface area contributed by atoms with Crippen molar-refractivity contribution in [2.45, 2.75) is 19.8 Å². The largest absolute Gasteiger partial charge is 0.384 e. The molecule has 5 heteroatoms. The molecular formula is C13H22N4O. The maximum atomic E-state index is 11.8. The van der Waals surface area contributed by atoms with Gasteiger partial charge in [-0.15, -0.1) is 0 Å². The number of nitrogens with zero attached hydrogens (tertiary/aromatic N) is 2. The van der Waals surface area contributed by atoms with Crippen LogP contribution in [0.5, 0.6) is 0 Å². The maximum absolute atomic E-state index is 11.8. The molecule has 1 heterocycles. The van der Waals surface area contributed by atoms with E-state index >= 15 is 0 Å². The number of pyridine rings is 1. The van der Waals surface area contributed by atoms with Crippen LogP contribution < -0.4 is 11.1 Å². The van der Waals surface area contributed by atoms with Gasteiger partial charge in [0.2, 0.25) is 0 Å². The van der Waals surface area contributed by atoms with E-state index in [0.29, 0.717) is 17.9 Å². The summed E-state index contributed by atoms with van der Waals surface area (Å²) in [5.41, 5.74) is 6.94. The fourth-order valence-electron chi connectivity index (χ4n) is 1.68. The van der Waals surface area contributed by atoms with E-state index < -0.39 is 0 Å². The van der Waals surface area contributed by atoms with Gasteiger partial charge in [-0.25, -0.2) is 4.98 Å². The van der Waals surface area contributed by atoms with Gasteiger partial charge < -0.3 is 16.0 Å². The number of unbranched alkanes of at least 4 members (excludes halogenated alkanes) is 1. The monoisotopic (exact) mass is 250 g/mol. The summed E-state index contributed by atoms with van der Waals surface area (Å²) < 4.78 is 0. The highest BCUT2D eigenvalue weighted by Gasteiger charge is 2.06. The minimum atomic E-state index is -0.0861. The van der Waals surface area contributed by atoms with Crippen molar-refractivity contribution in [3.05, 3.63) is 23.4 Å². The molecular weight excluding hydrogens is 228 g/mol. The van der Waals surface area contributed by atoms with E-state index in [1.165, 1.54) is 0 Å². The van der Waals surface area contributed by atoms with Gasteiger partial charge in [-0.05, 0) is 52.5 Å². The Bertz CT molecular complexity index is 384. The summed E-state index contributed by atoms with van der Waals surface area (Å²) in [5.74, 6) is 0.296. The minimum Gasteiger partial charge on any atom is -0.384 e. The fourth-order valence-corrected chi connectivity index (χ4v) is 1.68. The molecule has 1 aromatic rings. The molecule has 1 rings (SSSR count). The van der Waals surface area contributed by atoms with E-state index in [-0.39, 0.29) is 5.91 Å². The van der Waals surface area contributed by atoms with Crippen molar-refractivity contribution < 1.29 is 4.79 Å². The van der Waals surface area contributed by atoms with Crippen LogP contribution in [-0.4, -0.2) is 43.0 Å². The molecule has 0 saturated heterocycles. The van der Waals surface area contributed by atoms with Crippen LogP contribution >= 0.6 is 0 Å². The second kappa shape index (κ2) is 6.96. The van der Waals surface area contributed by atoms with Gasteiger partial charge in [-0.1, -0.05) is 0 Å². The minimum absolute atomic E-state index is 0.0861. The van der Waals surface area contributed by atoms with Crippen LogP contribution in [0.25, 0.3) is 0 Å². The zero-order valence-corrected chi connectivity index (χ0v) is 11.4. The van der Waals surface area contributed by atoms with Crippen LogP contribution in [-0.2, 0) is 0 Å². The Morgan fingerprint density at radius 1 is 1.39 bits per heavy atom. The Morgan fingerprint density at radius 2 is 2.11 bits per heavy atom. The SMILES string of the molecule is Cc1cc(C(=O)NCCCCN(C)C)cc(N)n1. The van der Waals surface area contributed by atoms with E-state index in [1.54, 1.807) is 12.1 Å². The zero-order valence-electron chi connectivity index (χ0n) is 11.4. The Labute approximate surface area is 108 Å². The number of aryl methyl sites for hydroxylation is 1. The van der Waals surface area contributed by atoms with Crippen LogP contribution in [0.1, 0.15) is 28.9 Å². The molecule has 5 nitrogen and oxygen atoms in total. The standard InChI is InChI=1S/C13H22N4O/c1-10-8-11(9-12(14)16-10)13(18)15-6-4-5-7-17(2)3/h8-9H,4-7H2,1-3H3,(H2,14,16)(H,15,18). The van der Waals surface area contributed by atoms with Gasteiger partial charge in [-0.3, -0.25) is 4.79 Å². The van der Waals surface area contributed by atoms with Gasteiger partial charge in [0.05, 0.1) is 0 Å². The number of hydrogen-bond donors (Lipinski definition) is 2. The molecule has 0 aromatic carbocycles. The molecule has 0 aliphatic carbocycles. The second-order valence-electron chi connectivity index (χ2n) is 4.69. The molecule has 0 saturated carbocycles. The number of nitrogen functional groups attached to an aromatic ring is 1. The Hall–Kier alpha value is -1.62. The van der Waals surface area contributed by atoms with Crippen molar-refractivity contribution in [3.63, 3.8) is 0 Å². The molecule has 0 atom stereocenters. The van der Waals surface area contributed by atoms with Crippen molar-refractivity contribution in [1.29, 1.82) is 0 Å². The predicted octanol–water partition coefficient (Wildman–Crippen LogP) is 1.04. The van der Waals surface area contributed by atoms with Crippen LogP contribution in [0.3, 0.4) is 0 Å². The summed E-state index contributed by atoms with van der Waals surface area (Å²) >= 11 is 0. The summed E-state index contributed by atoms with van der Waals surface area (Å²) in [4.78, 5) is 18.0. The molecule has 1 aromatic heterocycles. The van der Waals surface area contributed by atoms with E-state index in [4.69, 9.17) is 5.73 Å². The molecule has 1 amide bonds. The molecule has 0 unspecified atom stereocenters. The van der Waals surface area contributed by atoms with Gasteiger partial charge in [-0.2, -0.15) is 0 Å². The molecule has 0 aliphatic heterocycles. The average Bonchev–Trinajstić information content (AvgIpc) is 2.26. The third-order valence-electron chi connectivity index (χ3n) is 2.55. The predicted molar refractivity (Wildman–Crippen MR) is 73.5 cm³/mol. The molecule has 0 aliphatic rings. The highest BCUT2D eigenvalue weighted by Crippen LogP contribution is 2.06. The van der Waals surface area contributed by atoms with Crippen molar-refractivity contribution in [2.24, 2.45) is 0 Å². The first-order chi connectivity index (χ1) is 8.49. The van der Waals surface area contributed by atoms with Crippen molar-refractivity contribution in [3.8, 4) is 0 Å². The number of aromatic nitrogens is 1. The lowest BCUT2D eigenvalue weighted by Crippen LogP contribution is -2.25. The summed E-state index contributed by atoms with van der Waals surface area (Å²) in [6, 6.07) is 3.34. The summed E-state index contributed by atoms with van der Waals surface area (Å²) in [7, 11) is 4.09. The Morgan fingerprint density at radius 3 is 2.72 bits per heavy atom. The fraction of sp³-hybridized carbons (Fsp3) is 0.538. The number of hydrogen-bond acceptors (Lipinski definition) is 4. The van der Waals surface area contributed by atoms with Crippen LogP contribution in [0, 0.1) is 6.92 Å². The molecule has 0 bridgehead atoms. The topological polar surface area (TPSA) is 71.2 Å². The Balaban J connectivity index is 2.36. The lowest BCUT2D eigenvalue weighted by molar-refractivity contribution is 0.0952. The Kier molecular flexibility index (Phi) is 5.58. The maximum Gasteiger partial charge on any atom is 0.251 e.